The molecule has 200 valence electrons. The molecule has 2 N–H and O–H groups in total. The SMILES string of the molecule is CCOC(=O)C1=C(N)n2c(sc(=Cc3ccc([N+](=O)[O-])cc3)c2=O)=C(C(=O)OC)C1c1ccc([N+](=O)[O-])cc1. The van der Waals surface area contributed by atoms with Gasteiger partial charge < -0.3 is 15.2 Å². The maximum atomic E-state index is 13.5. The van der Waals surface area contributed by atoms with Gasteiger partial charge in [-0.15, -0.1) is 11.3 Å². The summed E-state index contributed by atoms with van der Waals surface area (Å²) >= 11 is 0.905. The summed E-state index contributed by atoms with van der Waals surface area (Å²) in [5.41, 5.74) is 5.87. The summed E-state index contributed by atoms with van der Waals surface area (Å²) in [5, 5.41) is 22.1. The van der Waals surface area contributed by atoms with Gasteiger partial charge in [0.1, 0.15) is 10.5 Å². The Morgan fingerprint density at radius 2 is 1.56 bits per heavy atom. The van der Waals surface area contributed by atoms with Crippen molar-refractivity contribution in [3.63, 3.8) is 0 Å². The third-order valence-corrected chi connectivity index (χ3v) is 7.00. The van der Waals surface area contributed by atoms with Crippen LogP contribution in [0.4, 0.5) is 11.4 Å². The molecule has 1 aliphatic rings. The Morgan fingerprint density at radius 1 is 1.00 bits per heavy atom. The number of methoxy groups -OCH3 is 1. The van der Waals surface area contributed by atoms with Gasteiger partial charge in [0.15, 0.2) is 0 Å². The van der Waals surface area contributed by atoms with E-state index in [1.54, 1.807) is 6.92 Å². The van der Waals surface area contributed by atoms with Crippen molar-refractivity contribution >= 4 is 52.1 Å². The molecular formula is C25H20N4O9S. The van der Waals surface area contributed by atoms with E-state index in [0.717, 1.165) is 23.0 Å². The minimum atomic E-state index is -1.16. The highest BCUT2D eigenvalue weighted by atomic mass is 32.1. The number of nitro groups is 2. The number of aromatic nitrogens is 1. The van der Waals surface area contributed by atoms with Gasteiger partial charge >= 0.3 is 11.9 Å². The van der Waals surface area contributed by atoms with Gasteiger partial charge in [-0.1, -0.05) is 12.1 Å². The first-order valence-electron chi connectivity index (χ1n) is 11.3. The van der Waals surface area contributed by atoms with E-state index in [9.17, 15) is 34.6 Å². The third-order valence-electron chi connectivity index (χ3n) is 5.89. The fourth-order valence-corrected chi connectivity index (χ4v) is 5.29. The second-order valence-corrected chi connectivity index (χ2v) is 9.14. The standard InChI is InChI=1S/C25H20N4O9S/c1-3-38-25(32)19-18(14-6-10-16(11-7-14)29(35)36)20(24(31)37-2)23-27(21(19)26)22(30)17(39-23)12-13-4-8-15(9-5-13)28(33)34/h4-12,18H,3,26H2,1-2H3. The molecule has 2 aromatic carbocycles. The molecule has 3 aromatic rings. The lowest BCUT2D eigenvalue weighted by Gasteiger charge is -2.26. The summed E-state index contributed by atoms with van der Waals surface area (Å²) in [7, 11) is 1.13. The van der Waals surface area contributed by atoms with Crippen LogP contribution in [0.5, 0.6) is 0 Å². The summed E-state index contributed by atoms with van der Waals surface area (Å²) in [5.74, 6) is -3.18. The Bertz CT molecular complexity index is 1720. The van der Waals surface area contributed by atoms with E-state index < -0.39 is 33.3 Å². The Balaban J connectivity index is 2.05. The zero-order valence-electron chi connectivity index (χ0n) is 20.5. The molecule has 0 radical (unpaired) electrons. The number of nitrogens with two attached hydrogens (primary N) is 1. The number of fused-ring (bicyclic) bond motifs is 1. The average Bonchev–Trinajstić information content (AvgIpc) is 3.24. The number of carbonyl (C=O) groups excluding carboxylic acids is 2. The molecule has 1 aromatic heterocycles. The Hall–Kier alpha value is -5.11. The number of non-ortho nitro benzene ring substituents is 2. The summed E-state index contributed by atoms with van der Waals surface area (Å²) in [6, 6.07) is 10.7. The Labute approximate surface area is 223 Å². The normalized spacial score (nSPS) is 15.1. The average molecular weight is 553 g/mol. The van der Waals surface area contributed by atoms with Crippen LogP contribution in [-0.2, 0) is 19.1 Å². The van der Waals surface area contributed by atoms with Gasteiger partial charge in [0, 0.05) is 24.3 Å². The minimum Gasteiger partial charge on any atom is -0.466 e. The topological polar surface area (TPSA) is 187 Å². The van der Waals surface area contributed by atoms with E-state index >= 15 is 0 Å². The van der Waals surface area contributed by atoms with Gasteiger partial charge in [-0.2, -0.15) is 0 Å². The van der Waals surface area contributed by atoms with E-state index in [1.165, 1.54) is 54.6 Å². The molecule has 0 bridgehead atoms. The van der Waals surface area contributed by atoms with Crippen molar-refractivity contribution in [1.29, 1.82) is 0 Å². The first kappa shape index (κ1) is 26.9. The number of nitro benzene ring substituents is 2. The van der Waals surface area contributed by atoms with Crippen LogP contribution in [0.3, 0.4) is 0 Å². The second kappa shape index (κ2) is 10.7. The molecule has 1 unspecified atom stereocenters. The summed E-state index contributed by atoms with van der Waals surface area (Å²) in [6.45, 7) is 1.55. The Morgan fingerprint density at radius 3 is 2.08 bits per heavy atom. The molecule has 0 aliphatic carbocycles. The first-order valence-corrected chi connectivity index (χ1v) is 12.1. The maximum absolute atomic E-state index is 13.5. The van der Waals surface area contributed by atoms with Crippen LogP contribution in [0, 0.1) is 20.2 Å². The van der Waals surface area contributed by atoms with Gasteiger partial charge in [-0.3, -0.25) is 29.6 Å². The zero-order valence-corrected chi connectivity index (χ0v) is 21.3. The van der Waals surface area contributed by atoms with Gasteiger partial charge in [-0.05, 0) is 36.3 Å². The molecule has 1 atom stereocenters. The molecule has 2 heterocycles. The van der Waals surface area contributed by atoms with Crippen molar-refractivity contribution in [3.05, 3.63) is 105 Å². The number of carbonyl (C=O) groups is 2. The smallest absolute Gasteiger partial charge is 0.338 e. The van der Waals surface area contributed by atoms with Gasteiger partial charge in [0.05, 0.1) is 45.2 Å². The van der Waals surface area contributed by atoms with E-state index in [4.69, 9.17) is 15.2 Å². The minimum absolute atomic E-state index is 0.0271. The van der Waals surface area contributed by atoms with Crippen molar-refractivity contribution in [1.82, 2.24) is 4.57 Å². The van der Waals surface area contributed by atoms with Gasteiger partial charge in [0.25, 0.3) is 16.9 Å². The molecule has 1 aliphatic heterocycles. The number of hydrogen-bond acceptors (Lipinski definition) is 11. The van der Waals surface area contributed by atoms with Crippen molar-refractivity contribution in [3.8, 4) is 0 Å². The quantitative estimate of drug-likeness (QED) is 0.255. The second-order valence-electron chi connectivity index (χ2n) is 8.11. The largest absolute Gasteiger partial charge is 0.466 e. The van der Waals surface area contributed by atoms with Crippen molar-refractivity contribution in [2.45, 2.75) is 12.8 Å². The molecule has 0 saturated heterocycles. The lowest BCUT2D eigenvalue weighted by molar-refractivity contribution is -0.385. The molecule has 4 rings (SSSR count). The highest BCUT2D eigenvalue weighted by Crippen LogP contribution is 2.38. The molecule has 0 fully saturated rings. The number of ether oxygens (including phenoxy) is 2. The van der Waals surface area contributed by atoms with Crippen LogP contribution < -0.4 is 20.5 Å². The molecule has 0 spiro atoms. The van der Waals surface area contributed by atoms with Crippen LogP contribution in [0.25, 0.3) is 17.5 Å². The molecule has 13 nitrogen and oxygen atoms in total. The maximum Gasteiger partial charge on any atom is 0.338 e. The summed E-state index contributed by atoms with van der Waals surface area (Å²) in [4.78, 5) is 60.7. The number of hydrogen-bond donors (Lipinski definition) is 1. The fraction of sp³-hybridized carbons (Fsp3) is 0.160. The van der Waals surface area contributed by atoms with Crippen LogP contribution in [0.15, 0.2) is 58.9 Å². The monoisotopic (exact) mass is 552 g/mol. The highest BCUT2D eigenvalue weighted by Gasteiger charge is 2.40. The number of rotatable bonds is 7. The summed E-state index contributed by atoms with van der Waals surface area (Å²) < 4.78 is 11.4. The van der Waals surface area contributed by atoms with E-state index in [2.05, 4.69) is 0 Å². The van der Waals surface area contributed by atoms with Crippen LogP contribution in [0.2, 0.25) is 0 Å². The fourth-order valence-electron chi connectivity index (χ4n) is 4.13. The number of esters is 2. The van der Waals surface area contributed by atoms with Crippen LogP contribution in [-0.4, -0.2) is 40.1 Å². The molecule has 14 heteroatoms. The van der Waals surface area contributed by atoms with Crippen LogP contribution in [0.1, 0.15) is 24.0 Å². The highest BCUT2D eigenvalue weighted by molar-refractivity contribution is 7.07. The predicted octanol–water partition coefficient (Wildman–Crippen LogP) is 1.37. The zero-order chi connectivity index (χ0) is 28.4. The van der Waals surface area contributed by atoms with Gasteiger partial charge in [-0.25, -0.2) is 9.59 Å². The van der Waals surface area contributed by atoms with Crippen molar-refractivity contribution in [2.75, 3.05) is 13.7 Å². The number of nitrogens with zero attached hydrogens (tertiary/aromatic N) is 3. The van der Waals surface area contributed by atoms with E-state index in [0.29, 0.717) is 11.1 Å². The van der Waals surface area contributed by atoms with Gasteiger partial charge in [0.2, 0.25) is 0 Å². The molecule has 39 heavy (non-hydrogen) atoms. The van der Waals surface area contributed by atoms with E-state index in [-0.39, 0.29) is 44.1 Å². The third kappa shape index (κ3) is 4.92. The lowest BCUT2D eigenvalue weighted by Crippen LogP contribution is -2.41. The Kier molecular flexibility index (Phi) is 7.40. The predicted molar refractivity (Wildman–Crippen MR) is 140 cm³/mol. The lowest BCUT2D eigenvalue weighted by atomic mass is 9.83. The van der Waals surface area contributed by atoms with Crippen molar-refractivity contribution < 1.29 is 28.9 Å². The first-order chi connectivity index (χ1) is 18.6. The molecule has 0 saturated carbocycles. The number of thiazole rings is 1. The molecular weight excluding hydrogens is 532 g/mol. The van der Waals surface area contributed by atoms with E-state index in [1.807, 2.05) is 0 Å². The van der Waals surface area contributed by atoms with Crippen LogP contribution >= 0.6 is 11.3 Å². The molecule has 0 amide bonds. The van der Waals surface area contributed by atoms with Crippen molar-refractivity contribution in [2.24, 2.45) is 5.73 Å². The number of benzene rings is 2. The summed E-state index contributed by atoms with van der Waals surface area (Å²) in [6.07, 6.45) is 1.47.